The van der Waals surface area contributed by atoms with Crippen molar-refractivity contribution >= 4 is 17.7 Å². The molecule has 144 valence electrons. The van der Waals surface area contributed by atoms with Crippen molar-refractivity contribution in [3.05, 3.63) is 90.1 Å². The van der Waals surface area contributed by atoms with E-state index >= 15 is 0 Å². The monoisotopic (exact) mass is 390 g/mol. The molecule has 0 aliphatic carbocycles. The Hall–Kier alpha value is -4.07. The molecule has 0 unspecified atom stereocenters. The molecule has 0 N–H and O–H groups in total. The lowest BCUT2D eigenvalue weighted by Crippen LogP contribution is -2.15. The third kappa shape index (κ3) is 4.27. The fraction of sp³-hybridized carbons (Fsp3) is 0.0476. The number of rotatable bonds is 6. The summed E-state index contributed by atoms with van der Waals surface area (Å²) in [5.74, 6) is -0.203. The van der Waals surface area contributed by atoms with Gasteiger partial charge in [0.15, 0.2) is 11.5 Å². The molecular formula is C21H15FN4O3. The van der Waals surface area contributed by atoms with Crippen molar-refractivity contribution in [2.24, 2.45) is 0 Å². The van der Waals surface area contributed by atoms with Crippen LogP contribution in [0.15, 0.2) is 77.4 Å². The molecule has 4 aromatic rings. The van der Waals surface area contributed by atoms with Gasteiger partial charge < -0.3 is 9.15 Å². The third-order valence-electron chi connectivity index (χ3n) is 4.04. The van der Waals surface area contributed by atoms with Crippen molar-refractivity contribution in [1.29, 1.82) is 0 Å². The first-order chi connectivity index (χ1) is 14.2. The van der Waals surface area contributed by atoms with E-state index in [1.807, 2.05) is 30.3 Å². The van der Waals surface area contributed by atoms with E-state index in [0.29, 0.717) is 17.1 Å². The highest BCUT2D eigenvalue weighted by molar-refractivity contribution is 6.15. The Labute approximate surface area is 165 Å². The first kappa shape index (κ1) is 18.3. The smallest absolute Gasteiger partial charge is 0.357 e. The normalized spacial score (nSPS) is 11.4. The molecule has 0 fully saturated rings. The molecule has 0 aliphatic heterocycles. The molecule has 29 heavy (non-hydrogen) atoms. The van der Waals surface area contributed by atoms with Crippen LogP contribution < -0.4 is 0 Å². The van der Waals surface area contributed by atoms with Crippen LogP contribution >= 0.6 is 0 Å². The van der Waals surface area contributed by atoms with Crippen molar-refractivity contribution < 1.29 is 18.3 Å². The number of furan rings is 1. The van der Waals surface area contributed by atoms with Crippen LogP contribution in [-0.4, -0.2) is 26.2 Å². The van der Waals surface area contributed by atoms with Crippen LogP contribution in [0.4, 0.5) is 4.39 Å². The number of ether oxygens (including phenoxy) is 1. The maximum absolute atomic E-state index is 13.1. The summed E-state index contributed by atoms with van der Waals surface area (Å²) in [7, 11) is 0. The number of aromatic nitrogens is 4. The molecule has 0 aliphatic rings. The first-order valence-electron chi connectivity index (χ1n) is 8.71. The van der Waals surface area contributed by atoms with Crippen molar-refractivity contribution in [3.63, 3.8) is 0 Å². The predicted octanol–water partition coefficient (Wildman–Crippen LogP) is 3.81. The van der Waals surface area contributed by atoms with E-state index < -0.39 is 5.97 Å². The zero-order valence-electron chi connectivity index (χ0n) is 15.1. The van der Waals surface area contributed by atoms with E-state index in [-0.39, 0.29) is 18.1 Å². The Morgan fingerprint density at radius 2 is 1.86 bits per heavy atom. The van der Waals surface area contributed by atoms with Crippen molar-refractivity contribution in [2.45, 2.75) is 6.61 Å². The third-order valence-corrected chi connectivity index (χ3v) is 4.04. The van der Waals surface area contributed by atoms with Gasteiger partial charge in [0.05, 0.1) is 6.26 Å². The van der Waals surface area contributed by atoms with Gasteiger partial charge in [0.25, 0.3) is 0 Å². The van der Waals surface area contributed by atoms with Gasteiger partial charge in [-0.3, -0.25) is 0 Å². The Balaban J connectivity index is 1.65. The topological polar surface area (TPSA) is 83.0 Å². The van der Waals surface area contributed by atoms with Crippen LogP contribution in [0, 0.1) is 5.82 Å². The van der Waals surface area contributed by atoms with Gasteiger partial charge in [-0.25, -0.2) is 9.18 Å². The van der Waals surface area contributed by atoms with Gasteiger partial charge >= 0.3 is 5.97 Å². The second-order valence-electron chi connectivity index (χ2n) is 6.03. The molecule has 0 spiro atoms. The molecule has 0 amide bonds. The Bertz CT molecular complexity index is 1120. The summed E-state index contributed by atoms with van der Waals surface area (Å²) < 4.78 is 25.1. The fourth-order valence-electron chi connectivity index (χ4n) is 2.63. The lowest BCUT2D eigenvalue weighted by Gasteiger charge is -2.10. The van der Waals surface area contributed by atoms with E-state index in [0.717, 1.165) is 5.56 Å². The SMILES string of the molecule is O=C(OCc1ccc(F)cc1)/C(=C/c1ccco1)n1nnnc1-c1ccccc1. The fourth-order valence-corrected chi connectivity index (χ4v) is 2.63. The molecule has 2 aromatic heterocycles. The number of carbonyl (C=O) groups is 1. The zero-order valence-corrected chi connectivity index (χ0v) is 15.1. The molecule has 2 heterocycles. The largest absolute Gasteiger partial charge is 0.465 e. The highest BCUT2D eigenvalue weighted by atomic mass is 19.1. The van der Waals surface area contributed by atoms with E-state index in [4.69, 9.17) is 9.15 Å². The molecule has 0 saturated heterocycles. The van der Waals surface area contributed by atoms with Crippen molar-refractivity contribution in [1.82, 2.24) is 20.2 Å². The lowest BCUT2D eigenvalue weighted by atomic mass is 10.2. The number of hydrogen-bond acceptors (Lipinski definition) is 6. The second-order valence-corrected chi connectivity index (χ2v) is 6.03. The summed E-state index contributed by atoms with van der Waals surface area (Å²) in [6.07, 6.45) is 2.99. The number of benzene rings is 2. The van der Waals surface area contributed by atoms with E-state index in [1.54, 1.807) is 24.3 Å². The Kier molecular flexibility index (Phi) is 5.24. The molecule has 2 aromatic carbocycles. The molecule has 0 radical (unpaired) electrons. The minimum atomic E-state index is -0.657. The van der Waals surface area contributed by atoms with Gasteiger partial charge in [0.2, 0.25) is 0 Å². The lowest BCUT2D eigenvalue weighted by molar-refractivity contribution is -0.138. The van der Waals surface area contributed by atoms with Crippen LogP contribution in [0.1, 0.15) is 11.3 Å². The minimum Gasteiger partial charge on any atom is -0.465 e. The summed E-state index contributed by atoms with van der Waals surface area (Å²) >= 11 is 0. The zero-order chi connectivity index (χ0) is 20.1. The standard InChI is InChI=1S/C21H15FN4O3/c22-17-10-8-15(9-11-17)14-29-21(27)19(13-18-7-4-12-28-18)26-20(23-24-25-26)16-5-2-1-3-6-16/h1-13H,14H2/b19-13-. The van der Waals surface area contributed by atoms with Crippen LogP contribution in [-0.2, 0) is 16.1 Å². The van der Waals surface area contributed by atoms with E-state index in [2.05, 4.69) is 15.5 Å². The predicted molar refractivity (Wildman–Crippen MR) is 102 cm³/mol. The molecule has 0 saturated carbocycles. The van der Waals surface area contributed by atoms with Gasteiger partial charge in [-0.1, -0.05) is 42.5 Å². The summed E-state index contributed by atoms with van der Waals surface area (Å²) in [6, 6.07) is 18.3. The van der Waals surface area contributed by atoms with Crippen LogP contribution in [0.25, 0.3) is 23.2 Å². The molecular weight excluding hydrogens is 375 g/mol. The Morgan fingerprint density at radius 3 is 2.59 bits per heavy atom. The molecule has 0 atom stereocenters. The van der Waals surface area contributed by atoms with Gasteiger partial charge in [-0.2, -0.15) is 4.68 Å². The maximum Gasteiger partial charge on any atom is 0.357 e. The van der Waals surface area contributed by atoms with Gasteiger partial charge in [-0.05, 0) is 40.3 Å². The summed E-state index contributed by atoms with van der Waals surface area (Å²) in [6.45, 7) is -0.0304. The highest BCUT2D eigenvalue weighted by Crippen LogP contribution is 2.21. The molecule has 4 rings (SSSR count). The number of hydrogen-bond donors (Lipinski definition) is 0. The minimum absolute atomic E-state index is 0.0304. The molecule has 7 nitrogen and oxygen atoms in total. The number of tetrazole rings is 1. The van der Waals surface area contributed by atoms with Crippen molar-refractivity contribution in [2.75, 3.05) is 0 Å². The Morgan fingerprint density at radius 1 is 1.07 bits per heavy atom. The number of carbonyl (C=O) groups excluding carboxylic acids is 1. The van der Waals surface area contributed by atoms with E-state index in [9.17, 15) is 9.18 Å². The summed E-state index contributed by atoms with van der Waals surface area (Å²) in [5.41, 5.74) is 1.46. The summed E-state index contributed by atoms with van der Waals surface area (Å²) in [5, 5.41) is 11.7. The average Bonchev–Trinajstić information content (AvgIpc) is 3.44. The van der Waals surface area contributed by atoms with Gasteiger partial charge in [0, 0.05) is 11.6 Å². The maximum atomic E-state index is 13.1. The number of halogens is 1. The van der Waals surface area contributed by atoms with Crippen LogP contribution in [0.3, 0.4) is 0 Å². The van der Waals surface area contributed by atoms with E-state index in [1.165, 1.54) is 29.2 Å². The van der Waals surface area contributed by atoms with Gasteiger partial charge in [0.1, 0.15) is 18.2 Å². The number of nitrogens with zero attached hydrogens (tertiary/aromatic N) is 4. The van der Waals surface area contributed by atoms with Crippen LogP contribution in [0.2, 0.25) is 0 Å². The second kappa shape index (κ2) is 8.30. The van der Waals surface area contributed by atoms with Gasteiger partial charge in [-0.15, -0.1) is 5.10 Å². The first-order valence-corrected chi connectivity index (χ1v) is 8.71. The summed E-state index contributed by atoms with van der Waals surface area (Å²) in [4.78, 5) is 12.9. The highest BCUT2D eigenvalue weighted by Gasteiger charge is 2.21. The quantitative estimate of drug-likeness (QED) is 0.368. The molecule has 8 heteroatoms. The number of esters is 1. The van der Waals surface area contributed by atoms with Crippen LogP contribution in [0.5, 0.6) is 0 Å². The molecule has 0 bridgehead atoms. The van der Waals surface area contributed by atoms with Crippen molar-refractivity contribution in [3.8, 4) is 11.4 Å². The average molecular weight is 390 g/mol.